The summed E-state index contributed by atoms with van der Waals surface area (Å²) in [6.07, 6.45) is -4.54. The van der Waals surface area contributed by atoms with Crippen LogP contribution in [0.4, 0.5) is 18.0 Å². The molecule has 0 saturated heterocycles. The second-order valence-electron chi connectivity index (χ2n) is 3.26. The fourth-order valence-corrected chi connectivity index (χ4v) is 1.23. The molecule has 98 valence electrons. The third kappa shape index (κ3) is 4.28. The molecule has 0 atom stereocenters. The lowest BCUT2D eigenvalue weighted by atomic mass is 10.2. The first-order valence-corrected chi connectivity index (χ1v) is 5.14. The smallest absolute Gasteiger partial charge is 0.328 e. The van der Waals surface area contributed by atoms with Gasteiger partial charge in [-0.25, -0.2) is 9.10 Å². The zero-order chi connectivity index (χ0) is 13.8. The van der Waals surface area contributed by atoms with Gasteiger partial charge in [0, 0.05) is 5.56 Å². The summed E-state index contributed by atoms with van der Waals surface area (Å²) in [6, 6.07) is 6.38. The zero-order valence-electron chi connectivity index (χ0n) is 8.94. The summed E-state index contributed by atoms with van der Waals surface area (Å²) in [7, 11) is 0. The number of alkyl halides is 3. The van der Waals surface area contributed by atoms with Crippen molar-refractivity contribution in [3.05, 3.63) is 35.9 Å². The standard InChI is InChI=1S/C10H9F3N2O2S/c11-10(12,13)6-14-9(17)15(18)8(16)7-4-2-1-3-5-7/h1-5,18H,6H2,(H,14,17). The number of rotatable bonds is 2. The van der Waals surface area contributed by atoms with Crippen LogP contribution in [0.15, 0.2) is 30.3 Å². The van der Waals surface area contributed by atoms with Gasteiger partial charge in [0.2, 0.25) is 0 Å². The Hall–Kier alpha value is -1.70. The second kappa shape index (κ2) is 5.76. The molecule has 1 aromatic carbocycles. The number of hydrogen-bond acceptors (Lipinski definition) is 3. The van der Waals surface area contributed by atoms with E-state index in [9.17, 15) is 22.8 Å². The second-order valence-corrected chi connectivity index (χ2v) is 3.66. The van der Waals surface area contributed by atoms with Gasteiger partial charge in [-0.05, 0) is 12.1 Å². The van der Waals surface area contributed by atoms with Crippen LogP contribution in [0.2, 0.25) is 0 Å². The van der Waals surface area contributed by atoms with Crippen LogP contribution in [-0.4, -0.2) is 29.0 Å². The molecule has 0 aliphatic heterocycles. The first kappa shape index (κ1) is 14.4. The zero-order valence-corrected chi connectivity index (χ0v) is 9.83. The molecule has 0 heterocycles. The maximum atomic E-state index is 11.9. The quantitative estimate of drug-likeness (QED) is 0.815. The van der Waals surface area contributed by atoms with Gasteiger partial charge in [0.05, 0.1) is 0 Å². The molecule has 3 amide bonds. The molecule has 0 aliphatic carbocycles. The van der Waals surface area contributed by atoms with Gasteiger partial charge in [-0.3, -0.25) is 4.79 Å². The number of imide groups is 1. The number of carbonyl (C=O) groups is 2. The number of halogens is 3. The summed E-state index contributed by atoms with van der Waals surface area (Å²) < 4.78 is 35.9. The van der Waals surface area contributed by atoms with E-state index in [1.807, 2.05) is 0 Å². The van der Waals surface area contributed by atoms with Gasteiger partial charge in [-0.2, -0.15) is 13.2 Å². The molecule has 0 aromatic heterocycles. The molecular weight excluding hydrogens is 269 g/mol. The number of carbonyl (C=O) groups excluding carboxylic acids is 2. The van der Waals surface area contributed by atoms with Gasteiger partial charge in [0.25, 0.3) is 5.91 Å². The maximum Gasteiger partial charge on any atom is 0.405 e. The highest BCUT2D eigenvalue weighted by Crippen LogP contribution is 2.13. The molecule has 0 aliphatic rings. The van der Waals surface area contributed by atoms with E-state index in [2.05, 4.69) is 12.8 Å². The Morgan fingerprint density at radius 2 is 1.78 bits per heavy atom. The minimum absolute atomic E-state index is 0.148. The molecule has 1 N–H and O–H groups in total. The van der Waals surface area contributed by atoms with E-state index >= 15 is 0 Å². The third-order valence-corrected chi connectivity index (χ3v) is 2.21. The Kier molecular flexibility index (Phi) is 4.60. The lowest BCUT2D eigenvalue weighted by molar-refractivity contribution is -0.122. The van der Waals surface area contributed by atoms with E-state index in [4.69, 9.17) is 0 Å². The summed E-state index contributed by atoms with van der Waals surface area (Å²) in [4.78, 5) is 22.8. The normalized spacial score (nSPS) is 10.9. The number of benzene rings is 1. The van der Waals surface area contributed by atoms with Crippen molar-refractivity contribution in [3.8, 4) is 0 Å². The minimum Gasteiger partial charge on any atom is -0.328 e. The van der Waals surface area contributed by atoms with Crippen molar-refractivity contribution in [2.24, 2.45) is 0 Å². The summed E-state index contributed by atoms with van der Waals surface area (Å²) >= 11 is 3.57. The number of hydrogen-bond donors (Lipinski definition) is 2. The van der Waals surface area contributed by atoms with E-state index in [0.717, 1.165) is 0 Å². The van der Waals surface area contributed by atoms with Crippen LogP contribution in [0.25, 0.3) is 0 Å². The predicted molar refractivity (Wildman–Crippen MR) is 61.1 cm³/mol. The molecular formula is C10H9F3N2O2S. The number of thiol groups is 1. The fourth-order valence-electron chi connectivity index (χ4n) is 1.05. The Morgan fingerprint density at radius 1 is 1.22 bits per heavy atom. The van der Waals surface area contributed by atoms with Crippen LogP contribution in [0.1, 0.15) is 10.4 Å². The van der Waals surface area contributed by atoms with Crippen molar-refractivity contribution < 1.29 is 22.8 Å². The van der Waals surface area contributed by atoms with Crippen LogP contribution < -0.4 is 5.32 Å². The average molecular weight is 278 g/mol. The summed E-state index contributed by atoms with van der Waals surface area (Å²) in [5.74, 6) is -0.807. The SMILES string of the molecule is O=C(NCC(F)(F)F)N(S)C(=O)c1ccccc1. The van der Waals surface area contributed by atoms with Gasteiger partial charge in [-0.15, -0.1) is 0 Å². The molecule has 1 rings (SSSR count). The van der Waals surface area contributed by atoms with Crippen molar-refractivity contribution >= 4 is 24.8 Å². The topological polar surface area (TPSA) is 49.4 Å². The van der Waals surface area contributed by atoms with Crippen molar-refractivity contribution in [2.45, 2.75) is 6.18 Å². The van der Waals surface area contributed by atoms with Crippen molar-refractivity contribution in [1.29, 1.82) is 0 Å². The van der Waals surface area contributed by atoms with Crippen LogP contribution in [-0.2, 0) is 0 Å². The molecule has 0 bridgehead atoms. The first-order chi connectivity index (χ1) is 8.31. The van der Waals surface area contributed by atoms with Crippen LogP contribution in [0.3, 0.4) is 0 Å². The summed E-state index contributed by atoms with van der Waals surface area (Å²) in [6.45, 7) is -1.52. The predicted octanol–water partition coefficient (Wildman–Crippen LogP) is 2.25. The van der Waals surface area contributed by atoms with Crippen molar-refractivity contribution in [2.75, 3.05) is 6.54 Å². The molecule has 0 unspecified atom stereocenters. The summed E-state index contributed by atoms with van der Waals surface area (Å²) in [5, 5.41) is 1.54. The maximum absolute atomic E-state index is 11.9. The van der Waals surface area contributed by atoms with E-state index in [0.29, 0.717) is 4.31 Å². The number of amides is 3. The molecule has 8 heteroatoms. The molecule has 0 fully saturated rings. The Morgan fingerprint density at radius 3 is 2.28 bits per heavy atom. The largest absolute Gasteiger partial charge is 0.405 e. The fraction of sp³-hybridized carbons (Fsp3) is 0.200. The highest BCUT2D eigenvalue weighted by atomic mass is 32.1. The van der Waals surface area contributed by atoms with Gasteiger partial charge in [-0.1, -0.05) is 31.0 Å². The van der Waals surface area contributed by atoms with Gasteiger partial charge in [0.15, 0.2) is 0 Å². The summed E-state index contributed by atoms with van der Waals surface area (Å²) in [5.41, 5.74) is 0.148. The number of urea groups is 1. The van der Waals surface area contributed by atoms with E-state index in [1.54, 1.807) is 18.2 Å². The number of nitrogens with zero attached hydrogens (tertiary/aromatic N) is 1. The van der Waals surface area contributed by atoms with Gasteiger partial charge >= 0.3 is 12.2 Å². The van der Waals surface area contributed by atoms with E-state index < -0.39 is 24.7 Å². The molecule has 0 spiro atoms. The number of nitrogens with one attached hydrogen (secondary N) is 1. The average Bonchev–Trinajstić information content (AvgIpc) is 2.34. The van der Waals surface area contributed by atoms with Crippen LogP contribution >= 0.6 is 12.8 Å². The minimum atomic E-state index is -4.54. The highest BCUT2D eigenvalue weighted by Gasteiger charge is 2.29. The molecule has 0 saturated carbocycles. The van der Waals surface area contributed by atoms with Crippen LogP contribution in [0.5, 0.6) is 0 Å². The van der Waals surface area contributed by atoms with E-state index in [-0.39, 0.29) is 5.56 Å². The van der Waals surface area contributed by atoms with E-state index in [1.165, 1.54) is 17.4 Å². The van der Waals surface area contributed by atoms with Crippen molar-refractivity contribution in [3.63, 3.8) is 0 Å². The first-order valence-electron chi connectivity index (χ1n) is 4.74. The Balaban J connectivity index is 2.62. The molecule has 4 nitrogen and oxygen atoms in total. The van der Waals surface area contributed by atoms with Gasteiger partial charge in [0.1, 0.15) is 6.54 Å². The Labute approximate surface area is 106 Å². The van der Waals surface area contributed by atoms with Gasteiger partial charge < -0.3 is 5.32 Å². The van der Waals surface area contributed by atoms with Crippen LogP contribution in [0, 0.1) is 0 Å². The molecule has 0 radical (unpaired) electrons. The molecule has 18 heavy (non-hydrogen) atoms. The monoisotopic (exact) mass is 278 g/mol. The van der Waals surface area contributed by atoms with Crippen molar-refractivity contribution in [1.82, 2.24) is 9.62 Å². The third-order valence-electron chi connectivity index (χ3n) is 1.85. The molecule has 1 aromatic rings. The lowest BCUT2D eigenvalue weighted by Gasteiger charge is -2.15. The lowest BCUT2D eigenvalue weighted by Crippen LogP contribution is -2.42. The Bertz CT molecular complexity index is 436. The highest BCUT2D eigenvalue weighted by molar-refractivity contribution is 7.79.